The van der Waals surface area contributed by atoms with Gasteiger partial charge in [-0.1, -0.05) is 19.9 Å². The third-order valence-electron chi connectivity index (χ3n) is 4.10. The first kappa shape index (κ1) is 16.5. The molecule has 0 radical (unpaired) electrons. The average molecular weight is 303 g/mol. The van der Waals surface area contributed by atoms with Crippen molar-refractivity contribution in [1.82, 2.24) is 15.2 Å². The largest absolute Gasteiger partial charge is 0.348 e. The standard InChI is InChI=1S/C17H25N3O2/c1-12(2)17(22)20-10-6-7-14(11-20)16(19-13(3)21)15-8-4-5-9-18-15/h4-5,8-9,12,14,16H,6-7,10-11H2,1-3H3,(H,19,21)/t14-,16-/m1/s1. The van der Waals surface area contributed by atoms with Gasteiger partial charge in [0.1, 0.15) is 0 Å². The lowest BCUT2D eigenvalue weighted by atomic mass is 9.88. The van der Waals surface area contributed by atoms with Gasteiger partial charge in [0.05, 0.1) is 11.7 Å². The van der Waals surface area contributed by atoms with Gasteiger partial charge in [-0.05, 0) is 25.0 Å². The van der Waals surface area contributed by atoms with Crippen LogP contribution in [0.4, 0.5) is 0 Å². The summed E-state index contributed by atoms with van der Waals surface area (Å²) in [5.74, 6) is 0.332. The van der Waals surface area contributed by atoms with Crippen LogP contribution in [-0.4, -0.2) is 34.8 Å². The van der Waals surface area contributed by atoms with E-state index in [1.54, 1.807) is 6.20 Å². The predicted molar refractivity (Wildman–Crippen MR) is 84.9 cm³/mol. The number of likely N-dealkylation sites (tertiary alicyclic amines) is 1. The van der Waals surface area contributed by atoms with Gasteiger partial charge in [-0.25, -0.2) is 0 Å². The normalized spacial score (nSPS) is 19.8. The summed E-state index contributed by atoms with van der Waals surface area (Å²) in [6.45, 7) is 6.86. The number of hydrogen-bond acceptors (Lipinski definition) is 3. The molecule has 1 aliphatic heterocycles. The summed E-state index contributed by atoms with van der Waals surface area (Å²) in [6.07, 6.45) is 3.69. The Labute approximate surface area is 132 Å². The van der Waals surface area contributed by atoms with E-state index in [9.17, 15) is 9.59 Å². The molecule has 2 atom stereocenters. The monoisotopic (exact) mass is 303 g/mol. The van der Waals surface area contributed by atoms with Crippen LogP contribution in [0.3, 0.4) is 0 Å². The number of piperidine rings is 1. The van der Waals surface area contributed by atoms with E-state index in [4.69, 9.17) is 0 Å². The minimum absolute atomic E-state index is 0.00724. The molecule has 1 fully saturated rings. The van der Waals surface area contributed by atoms with Gasteiger partial charge in [0, 0.05) is 38.0 Å². The van der Waals surface area contributed by atoms with Crippen molar-refractivity contribution in [3.8, 4) is 0 Å². The highest BCUT2D eigenvalue weighted by atomic mass is 16.2. The first-order chi connectivity index (χ1) is 10.5. The second-order valence-electron chi connectivity index (χ2n) is 6.27. The van der Waals surface area contributed by atoms with Gasteiger partial charge in [0.2, 0.25) is 11.8 Å². The number of rotatable bonds is 4. The van der Waals surface area contributed by atoms with E-state index in [-0.39, 0.29) is 29.7 Å². The summed E-state index contributed by atoms with van der Waals surface area (Å²) in [4.78, 5) is 30.1. The van der Waals surface area contributed by atoms with Gasteiger partial charge in [-0.2, -0.15) is 0 Å². The van der Waals surface area contributed by atoms with Crippen molar-refractivity contribution < 1.29 is 9.59 Å². The molecule has 120 valence electrons. The molecular formula is C17H25N3O2. The van der Waals surface area contributed by atoms with E-state index in [2.05, 4.69) is 10.3 Å². The van der Waals surface area contributed by atoms with E-state index in [1.807, 2.05) is 36.9 Å². The fourth-order valence-corrected chi connectivity index (χ4v) is 3.06. The van der Waals surface area contributed by atoms with Gasteiger partial charge < -0.3 is 10.2 Å². The van der Waals surface area contributed by atoms with Gasteiger partial charge >= 0.3 is 0 Å². The topological polar surface area (TPSA) is 62.3 Å². The molecule has 1 aliphatic rings. The van der Waals surface area contributed by atoms with Crippen LogP contribution in [-0.2, 0) is 9.59 Å². The zero-order chi connectivity index (χ0) is 16.1. The second-order valence-corrected chi connectivity index (χ2v) is 6.27. The lowest BCUT2D eigenvalue weighted by Gasteiger charge is -2.37. The number of aromatic nitrogens is 1. The molecule has 1 N–H and O–H groups in total. The molecule has 0 aromatic carbocycles. The molecule has 5 nitrogen and oxygen atoms in total. The van der Waals surface area contributed by atoms with Crippen molar-refractivity contribution in [2.75, 3.05) is 13.1 Å². The molecular weight excluding hydrogens is 278 g/mol. The minimum Gasteiger partial charge on any atom is -0.348 e. The van der Waals surface area contributed by atoms with Crippen molar-refractivity contribution in [1.29, 1.82) is 0 Å². The fourth-order valence-electron chi connectivity index (χ4n) is 3.06. The van der Waals surface area contributed by atoms with E-state index < -0.39 is 0 Å². The van der Waals surface area contributed by atoms with Gasteiger partial charge in [0.25, 0.3) is 0 Å². The zero-order valence-corrected chi connectivity index (χ0v) is 13.6. The Hall–Kier alpha value is -1.91. The van der Waals surface area contributed by atoms with Crippen LogP contribution < -0.4 is 5.32 Å². The van der Waals surface area contributed by atoms with Crippen LogP contribution >= 0.6 is 0 Å². The van der Waals surface area contributed by atoms with Crippen molar-refractivity contribution in [3.63, 3.8) is 0 Å². The Morgan fingerprint density at radius 2 is 2.14 bits per heavy atom. The molecule has 0 unspecified atom stereocenters. The van der Waals surface area contributed by atoms with Gasteiger partial charge in [-0.15, -0.1) is 0 Å². The van der Waals surface area contributed by atoms with Gasteiger partial charge in [0.15, 0.2) is 0 Å². The molecule has 22 heavy (non-hydrogen) atoms. The SMILES string of the molecule is CC(=O)N[C@@H](c1ccccn1)[C@@H]1CCCN(C(=O)C(C)C)C1. The predicted octanol–water partition coefficient (Wildman–Crippen LogP) is 2.15. The number of pyridine rings is 1. The van der Waals surface area contributed by atoms with Crippen molar-refractivity contribution in [2.24, 2.45) is 11.8 Å². The maximum Gasteiger partial charge on any atom is 0.225 e. The number of hydrogen-bond donors (Lipinski definition) is 1. The number of nitrogens with zero attached hydrogens (tertiary/aromatic N) is 2. The molecule has 1 aromatic rings. The van der Waals surface area contributed by atoms with Crippen molar-refractivity contribution in [2.45, 2.75) is 39.7 Å². The molecule has 0 spiro atoms. The van der Waals surface area contributed by atoms with Gasteiger partial charge in [-0.3, -0.25) is 14.6 Å². The summed E-state index contributed by atoms with van der Waals surface area (Å²) in [7, 11) is 0. The smallest absolute Gasteiger partial charge is 0.225 e. The third kappa shape index (κ3) is 4.06. The highest BCUT2D eigenvalue weighted by molar-refractivity contribution is 5.78. The highest BCUT2D eigenvalue weighted by Crippen LogP contribution is 2.29. The molecule has 2 heterocycles. The third-order valence-corrected chi connectivity index (χ3v) is 4.10. The van der Waals surface area contributed by atoms with Crippen LogP contribution in [0.25, 0.3) is 0 Å². The Balaban J connectivity index is 2.17. The van der Waals surface area contributed by atoms with Crippen molar-refractivity contribution >= 4 is 11.8 Å². The van der Waals surface area contributed by atoms with Crippen LogP contribution in [0.1, 0.15) is 45.3 Å². The summed E-state index contributed by atoms with van der Waals surface area (Å²) >= 11 is 0. The molecule has 1 aromatic heterocycles. The first-order valence-electron chi connectivity index (χ1n) is 7.96. The second kappa shape index (κ2) is 7.38. The highest BCUT2D eigenvalue weighted by Gasteiger charge is 2.32. The summed E-state index contributed by atoms with van der Waals surface area (Å²) in [5.41, 5.74) is 0.863. The number of nitrogens with one attached hydrogen (secondary N) is 1. The number of carbonyl (C=O) groups excluding carboxylic acids is 2. The van der Waals surface area contributed by atoms with Crippen LogP contribution in [0.2, 0.25) is 0 Å². The Kier molecular flexibility index (Phi) is 5.52. The van der Waals surface area contributed by atoms with Crippen molar-refractivity contribution in [3.05, 3.63) is 30.1 Å². The lowest BCUT2D eigenvalue weighted by Crippen LogP contribution is -2.46. The summed E-state index contributed by atoms with van der Waals surface area (Å²) in [5, 5.41) is 3.02. The Morgan fingerprint density at radius 1 is 1.36 bits per heavy atom. The minimum atomic E-state index is -0.138. The fraction of sp³-hybridized carbons (Fsp3) is 0.588. The molecule has 0 saturated carbocycles. The zero-order valence-electron chi connectivity index (χ0n) is 13.6. The maximum absolute atomic E-state index is 12.2. The van der Waals surface area contributed by atoms with Crippen LogP contribution in [0, 0.1) is 11.8 Å². The molecule has 2 amide bonds. The quantitative estimate of drug-likeness (QED) is 0.927. The Morgan fingerprint density at radius 3 is 2.73 bits per heavy atom. The number of amides is 2. The first-order valence-corrected chi connectivity index (χ1v) is 7.96. The molecule has 1 saturated heterocycles. The van der Waals surface area contributed by atoms with E-state index in [0.717, 1.165) is 25.1 Å². The number of carbonyl (C=O) groups is 2. The molecule has 2 rings (SSSR count). The Bertz CT molecular complexity index is 516. The van der Waals surface area contributed by atoms with E-state index in [1.165, 1.54) is 6.92 Å². The summed E-state index contributed by atoms with van der Waals surface area (Å²) < 4.78 is 0. The lowest BCUT2D eigenvalue weighted by molar-refractivity contribution is -0.136. The molecule has 0 aliphatic carbocycles. The van der Waals surface area contributed by atoms with E-state index in [0.29, 0.717) is 6.54 Å². The molecule has 0 bridgehead atoms. The summed E-state index contributed by atoms with van der Waals surface area (Å²) in [6, 6.07) is 5.59. The maximum atomic E-state index is 12.2. The van der Waals surface area contributed by atoms with E-state index >= 15 is 0 Å². The average Bonchev–Trinajstić information content (AvgIpc) is 2.52. The molecule has 5 heteroatoms. The van der Waals surface area contributed by atoms with Crippen LogP contribution in [0.5, 0.6) is 0 Å². The van der Waals surface area contributed by atoms with Crippen LogP contribution in [0.15, 0.2) is 24.4 Å².